The number of carboxylic acid groups (broad SMARTS) is 1. The van der Waals surface area contributed by atoms with E-state index in [0.29, 0.717) is 12.3 Å². The first-order chi connectivity index (χ1) is 10.0. The first-order valence-corrected chi connectivity index (χ1v) is 7.07. The summed E-state index contributed by atoms with van der Waals surface area (Å²) < 4.78 is 5.48. The van der Waals surface area contributed by atoms with Gasteiger partial charge in [-0.15, -0.1) is 0 Å². The van der Waals surface area contributed by atoms with Gasteiger partial charge in [0, 0.05) is 19.6 Å². The van der Waals surface area contributed by atoms with Gasteiger partial charge in [-0.25, -0.2) is 4.79 Å². The van der Waals surface area contributed by atoms with Crippen molar-refractivity contribution in [2.24, 2.45) is 0 Å². The summed E-state index contributed by atoms with van der Waals surface area (Å²) in [4.78, 5) is 12.9. The van der Waals surface area contributed by atoms with Gasteiger partial charge in [0.1, 0.15) is 18.5 Å². The molecule has 1 aliphatic rings. The smallest absolute Gasteiger partial charge is 0.335 e. The Labute approximate surface area is 124 Å². The zero-order valence-electron chi connectivity index (χ0n) is 12.2. The van der Waals surface area contributed by atoms with Crippen LogP contribution in [0.4, 0.5) is 0 Å². The van der Waals surface area contributed by atoms with Gasteiger partial charge in [0.05, 0.1) is 5.56 Å². The molecule has 1 atom stereocenters. The molecule has 0 spiro atoms. The Morgan fingerprint density at radius 2 is 2.10 bits per heavy atom. The fourth-order valence-electron chi connectivity index (χ4n) is 2.22. The topological polar surface area (TPSA) is 70.0 Å². The second kappa shape index (κ2) is 7.24. The molecular weight excluding hydrogens is 270 g/mol. The average Bonchev–Trinajstić information content (AvgIpc) is 2.48. The fraction of sp³-hybridized carbons (Fsp3) is 0.438. The van der Waals surface area contributed by atoms with Crippen molar-refractivity contribution in [3.05, 3.63) is 41.5 Å². The Balaban J connectivity index is 1.76. The number of hydrogen-bond acceptors (Lipinski definition) is 4. The molecule has 0 fully saturated rings. The molecule has 1 aliphatic heterocycles. The molecule has 2 rings (SSSR count). The number of nitrogens with zero attached hydrogens (tertiary/aromatic N) is 1. The Bertz CT molecular complexity index is 510. The predicted molar refractivity (Wildman–Crippen MR) is 79.7 cm³/mol. The summed E-state index contributed by atoms with van der Waals surface area (Å²) in [5.41, 5.74) is 1.62. The van der Waals surface area contributed by atoms with Gasteiger partial charge in [-0.3, -0.25) is 4.90 Å². The molecule has 5 nitrogen and oxygen atoms in total. The van der Waals surface area contributed by atoms with Gasteiger partial charge in [-0.05, 0) is 37.6 Å². The summed E-state index contributed by atoms with van der Waals surface area (Å²) in [5.74, 6) is -0.400. The van der Waals surface area contributed by atoms with E-state index < -0.39 is 12.1 Å². The van der Waals surface area contributed by atoms with E-state index >= 15 is 0 Å². The molecule has 2 N–H and O–H groups in total. The van der Waals surface area contributed by atoms with Crippen LogP contribution in [0.15, 0.2) is 35.9 Å². The minimum absolute atomic E-state index is 0.200. The largest absolute Gasteiger partial charge is 0.491 e. The third-order valence-corrected chi connectivity index (χ3v) is 3.53. The van der Waals surface area contributed by atoms with Gasteiger partial charge in [0.25, 0.3) is 0 Å². The van der Waals surface area contributed by atoms with Crippen LogP contribution in [0.1, 0.15) is 23.7 Å². The summed E-state index contributed by atoms with van der Waals surface area (Å²) >= 11 is 0. The van der Waals surface area contributed by atoms with Gasteiger partial charge in [-0.2, -0.15) is 0 Å². The number of β-amino-alcohol motifs (C(OH)–C–C–N with tert-alkyl or cyclic N) is 1. The highest BCUT2D eigenvalue weighted by Gasteiger charge is 2.14. The Morgan fingerprint density at radius 1 is 1.38 bits per heavy atom. The van der Waals surface area contributed by atoms with Crippen LogP contribution in [0.25, 0.3) is 0 Å². The standard InChI is InChI=1S/C16H21NO4/c1-12-6-8-17(9-7-12)10-14(18)11-21-15-4-2-13(3-5-15)16(19)20/h2-6,14,18H,7-11H2,1H3,(H,19,20). The molecular formula is C16H21NO4. The van der Waals surface area contributed by atoms with E-state index in [9.17, 15) is 9.90 Å². The van der Waals surface area contributed by atoms with Crippen molar-refractivity contribution in [2.45, 2.75) is 19.4 Å². The van der Waals surface area contributed by atoms with Crippen LogP contribution in [0.5, 0.6) is 5.75 Å². The van der Waals surface area contributed by atoms with Crippen molar-refractivity contribution in [1.82, 2.24) is 4.90 Å². The lowest BCUT2D eigenvalue weighted by atomic mass is 10.1. The maximum Gasteiger partial charge on any atom is 0.335 e. The molecule has 1 heterocycles. The summed E-state index contributed by atoms with van der Waals surface area (Å²) in [7, 11) is 0. The molecule has 1 unspecified atom stereocenters. The van der Waals surface area contributed by atoms with Crippen molar-refractivity contribution >= 4 is 5.97 Å². The van der Waals surface area contributed by atoms with E-state index in [0.717, 1.165) is 19.5 Å². The minimum atomic E-state index is -0.963. The van der Waals surface area contributed by atoms with Crippen LogP contribution in [0, 0.1) is 0 Å². The number of ether oxygens (including phenoxy) is 1. The lowest BCUT2D eigenvalue weighted by Crippen LogP contribution is -2.38. The normalized spacial score (nSPS) is 17.1. The summed E-state index contributed by atoms with van der Waals surface area (Å²) in [5, 5.41) is 18.8. The fourth-order valence-corrected chi connectivity index (χ4v) is 2.22. The lowest BCUT2D eigenvalue weighted by molar-refractivity contribution is 0.0690. The van der Waals surface area contributed by atoms with Crippen molar-refractivity contribution < 1.29 is 19.7 Å². The molecule has 114 valence electrons. The zero-order valence-corrected chi connectivity index (χ0v) is 12.2. The molecule has 0 radical (unpaired) electrons. The lowest BCUT2D eigenvalue weighted by Gasteiger charge is -2.27. The molecule has 1 aromatic carbocycles. The number of carbonyl (C=O) groups is 1. The van der Waals surface area contributed by atoms with Crippen molar-refractivity contribution in [1.29, 1.82) is 0 Å². The van der Waals surface area contributed by atoms with Crippen molar-refractivity contribution in [3.8, 4) is 5.75 Å². The molecule has 21 heavy (non-hydrogen) atoms. The van der Waals surface area contributed by atoms with Gasteiger partial charge in [0.15, 0.2) is 0 Å². The molecule has 1 aromatic rings. The van der Waals surface area contributed by atoms with E-state index in [-0.39, 0.29) is 12.2 Å². The van der Waals surface area contributed by atoms with E-state index in [1.165, 1.54) is 17.7 Å². The first-order valence-electron chi connectivity index (χ1n) is 7.07. The number of aliphatic hydroxyl groups excluding tert-OH is 1. The SMILES string of the molecule is CC1=CCN(CC(O)COc2ccc(C(=O)O)cc2)CC1. The minimum Gasteiger partial charge on any atom is -0.491 e. The molecule has 0 amide bonds. The van der Waals surface area contributed by atoms with Gasteiger partial charge in [0.2, 0.25) is 0 Å². The van der Waals surface area contributed by atoms with Gasteiger partial charge >= 0.3 is 5.97 Å². The third kappa shape index (κ3) is 4.88. The monoisotopic (exact) mass is 291 g/mol. The molecule has 0 aliphatic carbocycles. The van der Waals surface area contributed by atoms with Crippen LogP contribution in [-0.2, 0) is 0 Å². The highest BCUT2D eigenvalue weighted by molar-refractivity contribution is 5.87. The summed E-state index contributed by atoms with van der Waals surface area (Å²) in [6, 6.07) is 6.18. The quantitative estimate of drug-likeness (QED) is 0.782. The average molecular weight is 291 g/mol. The highest BCUT2D eigenvalue weighted by atomic mass is 16.5. The third-order valence-electron chi connectivity index (χ3n) is 3.53. The van der Waals surface area contributed by atoms with Gasteiger partial charge < -0.3 is 14.9 Å². The van der Waals surface area contributed by atoms with E-state index in [2.05, 4.69) is 17.9 Å². The maximum absolute atomic E-state index is 10.7. The predicted octanol–water partition coefficient (Wildman–Crippen LogP) is 1.78. The summed E-state index contributed by atoms with van der Waals surface area (Å²) in [6.07, 6.45) is 2.67. The first kappa shape index (κ1) is 15.5. The van der Waals surface area contributed by atoms with Crippen LogP contribution >= 0.6 is 0 Å². The molecule has 0 aromatic heterocycles. The van der Waals surface area contributed by atoms with Crippen LogP contribution in [-0.4, -0.2) is 53.4 Å². The Hall–Kier alpha value is -1.85. The van der Waals surface area contributed by atoms with Gasteiger partial charge in [-0.1, -0.05) is 11.6 Å². The maximum atomic E-state index is 10.7. The van der Waals surface area contributed by atoms with Crippen molar-refractivity contribution in [3.63, 3.8) is 0 Å². The van der Waals surface area contributed by atoms with Crippen LogP contribution < -0.4 is 4.74 Å². The zero-order chi connectivity index (χ0) is 15.2. The number of rotatable bonds is 6. The van der Waals surface area contributed by atoms with E-state index in [1.807, 2.05) is 0 Å². The number of aromatic carboxylic acids is 1. The van der Waals surface area contributed by atoms with E-state index in [1.54, 1.807) is 12.1 Å². The van der Waals surface area contributed by atoms with E-state index in [4.69, 9.17) is 9.84 Å². The molecule has 0 saturated heterocycles. The molecule has 0 saturated carbocycles. The second-order valence-electron chi connectivity index (χ2n) is 5.35. The second-order valence-corrected chi connectivity index (χ2v) is 5.35. The number of aliphatic hydroxyl groups is 1. The summed E-state index contributed by atoms with van der Waals surface area (Å²) in [6.45, 7) is 4.74. The Kier molecular flexibility index (Phi) is 5.36. The van der Waals surface area contributed by atoms with Crippen molar-refractivity contribution in [2.75, 3.05) is 26.2 Å². The number of hydrogen-bond donors (Lipinski definition) is 2. The van der Waals surface area contributed by atoms with Crippen LogP contribution in [0.2, 0.25) is 0 Å². The number of carboxylic acids is 1. The molecule has 0 bridgehead atoms. The Morgan fingerprint density at radius 3 is 2.67 bits per heavy atom. The molecule has 5 heteroatoms. The highest BCUT2D eigenvalue weighted by Crippen LogP contribution is 2.13. The van der Waals surface area contributed by atoms with Crippen LogP contribution in [0.3, 0.4) is 0 Å². The number of benzene rings is 1.